The average molecular weight is 407 g/mol. The summed E-state index contributed by atoms with van der Waals surface area (Å²) in [7, 11) is 1.76. The Bertz CT molecular complexity index is 1120. The van der Waals surface area contributed by atoms with Crippen LogP contribution in [0.15, 0.2) is 77.7 Å². The number of aromatic nitrogens is 3. The number of carbonyl (C=O) groups excluding carboxylic acids is 1. The summed E-state index contributed by atoms with van der Waals surface area (Å²) in [5, 5.41) is 4.70. The molecule has 0 aliphatic rings. The maximum Gasteiger partial charge on any atom is 0.289 e. The van der Waals surface area contributed by atoms with E-state index in [1.54, 1.807) is 41.2 Å². The van der Waals surface area contributed by atoms with E-state index in [1.165, 1.54) is 6.33 Å². The number of halogens is 1. The number of hydrogen-bond acceptors (Lipinski definition) is 4. The molecule has 0 fully saturated rings. The fraction of sp³-hybridized carbons (Fsp3) is 0.136. The Balaban J connectivity index is 1.51. The van der Waals surface area contributed by atoms with Gasteiger partial charge in [0.15, 0.2) is 5.76 Å². The number of benzene rings is 2. The standard InChI is InChI=1S/C22H19ClN4O2/c1-15(16-7-9-17(10-8-16)27-14-24-13-25-27)26(2)22(28)21-12-11-20(29-21)18-5-3-4-6-19(18)23/h3-15H,1-2H3/t15-/m1/s1. The molecule has 0 bridgehead atoms. The minimum absolute atomic E-state index is 0.138. The van der Waals surface area contributed by atoms with Gasteiger partial charge in [0.25, 0.3) is 5.91 Å². The topological polar surface area (TPSA) is 64.2 Å². The smallest absolute Gasteiger partial charge is 0.289 e. The second kappa shape index (κ2) is 7.93. The van der Waals surface area contributed by atoms with Crippen molar-refractivity contribution in [2.24, 2.45) is 0 Å². The molecule has 7 heteroatoms. The molecule has 0 aliphatic heterocycles. The molecule has 0 aliphatic carbocycles. The summed E-state index contributed by atoms with van der Waals surface area (Å²) in [5.74, 6) is 0.641. The molecule has 0 saturated carbocycles. The molecule has 2 aromatic heterocycles. The molecule has 0 saturated heterocycles. The van der Waals surface area contributed by atoms with E-state index in [0.717, 1.165) is 16.8 Å². The van der Waals surface area contributed by atoms with Gasteiger partial charge in [-0.15, -0.1) is 0 Å². The molecular formula is C22H19ClN4O2. The SMILES string of the molecule is C[C@H](c1ccc(-n2cncn2)cc1)N(C)C(=O)c1ccc(-c2ccccc2Cl)o1. The van der Waals surface area contributed by atoms with E-state index in [4.69, 9.17) is 16.0 Å². The first-order valence-electron chi connectivity index (χ1n) is 9.11. The van der Waals surface area contributed by atoms with Crippen molar-refractivity contribution in [3.05, 3.63) is 89.7 Å². The normalized spacial score (nSPS) is 12.0. The lowest BCUT2D eigenvalue weighted by molar-refractivity contribution is 0.0711. The first-order valence-corrected chi connectivity index (χ1v) is 9.49. The van der Waals surface area contributed by atoms with Crippen LogP contribution in [0.4, 0.5) is 0 Å². The quantitative estimate of drug-likeness (QED) is 0.467. The maximum absolute atomic E-state index is 12.9. The number of hydrogen-bond donors (Lipinski definition) is 0. The summed E-state index contributed by atoms with van der Waals surface area (Å²) in [4.78, 5) is 18.5. The van der Waals surface area contributed by atoms with E-state index in [-0.39, 0.29) is 17.7 Å². The molecule has 2 aromatic carbocycles. The molecular weight excluding hydrogens is 388 g/mol. The van der Waals surface area contributed by atoms with Crippen LogP contribution in [0.3, 0.4) is 0 Å². The Morgan fingerprint density at radius 1 is 1.10 bits per heavy atom. The molecule has 2 heterocycles. The van der Waals surface area contributed by atoms with E-state index < -0.39 is 0 Å². The van der Waals surface area contributed by atoms with Crippen LogP contribution in [-0.4, -0.2) is 32.6 Å². The van der Waals surface area contributed by atoms with Crippen LogP contribution >= 0.6 is 11.6 Å². The third-order valence-electron chi connectivity index (χ3n) is 4.92. The van der Waals surface area contributed by atoms with Crippen molar-refractivity contribution in [2.45, 2.75) is 13.0 Å². The van der Waals surface area contributed by atoms with Crippen LogP contribution in [0.2, 0.25) is 5.02 Å². The lowest BCUT2D eigenvalue weighted by Crippen LogP contribution is -2.29. The molecule has 29 heavy (non-hydrogen) atoms. The lowest BCUT2D eigenvalue weighted by Gasteiger charge is -2.24. The Kier molecular flexibility index (Phi) is 5.18. The number of carbonyl (C=O) groups is 1. The van der Waals surface area contributed by atoms with Gasteiger partial charge in [-0.1, -0.05) is 35.9 Å². The first-order chi connectivity index (χ1) is 14.0. The zero-order valence-corrected chi connectivity index (χ0v) is 16.7. The van der Waals surface area contributed by atoms with Gasteiger partial charge in [-0.05, 0) is 48.9 Å². The second-order valence-electron chi connectivity index (χ2n) is 6.67. The second-order valence-corrected chi connectivity index (χ2v) is 7.07. The average Bonchev–Trinajstić information content (AvgIpc) is 3.45. The van der Waals surface area contributed by atoms with Crippen LogP contribution < -0.4 is 0 Å². The minimum Gasteiger partial charge on any atom is -0.451 e. The van der Waals surface area contributed by atoms with E-state index in [1.807, 2.05) is 49.4 Å². The lowest BCUT2D eigenvalue weighted by atomic mass is 10.1. The number of amides is 1. The van der Waals surface area contributed by atoms with Crippen molar-refractivity contribution in [1.29, 1.82) is 0 Å². The van der Waals surface area contributed by atoms with Gasteiger partial charge in [0.1, 0.15) is 18.4 Å². The highest BCUT2D eigenvalue weighted by Gasteiger charge is 2.22. The number of rotatable bonds is 5. The largest absolute Gasteiger partial charge is 0.451 e. The third kappa shape index (κ3) is 3.79. The van der Waals surface area contributed by atoms with Gasteiger partial charge in [-0.2, -0.15) is 5.10 Å². The van der Waals surface area contributed by atoms with Crippen LogP contribution in [0, 0.1) is 0 Å². The maximum atomic E-state index is 12.9. The molecule has 0 unspecified atom stereocenters. The highest BCUT2D eigenvalue weighted by Crippen LogP contribution is 2.30. The van der Waals surface area contributed by atoms with Gasteiger partial charge in [0.2, 0.25) is 0 Å². The summed E-state index contributed by atoms with van der Waals surface area (Å²) < 4.78 is 7.48. The van der Waals surface area contributed by atoms with Crippen LogP contribution in [0.25, 0.3) is 17.0 Å². The summed E-state index contributed by atoms with van der Waals surface area (Å²) in [5.41, 5.74) is 2.66. The highest BCUT2D eigenvalue weighted by atomic mass is 35.5. The number of nitrogens with zero attached hydrogens (tertiary/aromatic N) is 4. The van der Waals surface area contributed by atoms with Gasteiger partial charge >= 0.3 is 0 Å². The monoisotopic (exact) mass is 406 g/mol. The molecule has 0 N–H and O–H groups in total. The summed E-state index contributed by atoms with van der Waals surface area (Å²) in [6.07, 6.45) is 3.13. The van der Waals surface area contributed by atoms with Crippen molar-refractivity contribution in [1.82, 2.24) is 19.7 Å². The third-order valence-corrected chi connectivity index (χ3v) is 5.25. The van der Waals surface area contributed by atoms with Crippen molar-refractivity contribution in [2.75, 3.05) is 7.05 Å². The Labute approximate surface area is 173 Å². The summed E-state index contributed by atoms with van der Waals surface area (Å²) >= 11 is 6.22. The molecule has 1 atom stereocenters. The zero-order valence-electron chi connectivity index (χ0n) is 16.0. The van der Waals surface area contributed by atoms with Crippen LogP contribution in [0.1, 0.15) is 29.1 Å². The zero-order chi connectivity index (χ0) is 20.4. The predicted molar refractivity (Wildman–Crippen MR) is 111 cm³/mol. The van der Waals surface area contributed by atoms with Gasteiger partial charge in [0.05, 0.1) is 16.8 Å². The molecule has 0 spiro atoms. The van der Waals surface area contributed by atoms with Gasteiger partial charge < -0.3 is 9.32 Å². The first kappa shape index (κ1) is 19.0. The van der Waals surface area contributed by atoms with E-state index >= 15 is 0 Å². The molecule has 0 radical (unpaired) electrons. The van der Waals surface area contributed by atoms with Crippen molar-refractivity contribution >= 4 is 17.5 Å². The van der Waals surface area contributed by atoms with Crippen molar-refractivity contribution in [3.8, 4) is 17.0 Å². The Hall–Kier alpha value is -3.38. The number of furan rings is 1. The Morgan fingerprint density at radius 3 is 2.55 bits per heavy atom. The molecule has 4 aromatic rings. The van der Waals surface area contributed by atoms with E-state index in [9.17, 15) is 4.79 Å². The van der Waals surface area contributed by atoms with Gasteiger partial charge in [-0.3, -0.25) is 4.79 Å². The fourth-order valence-corrected chi connectivity index (χ4v) is 3.31. The Morgan fingerprint density at radius 2 is 1.86 bits per heavy atom. The molecule has 1 amide bonds. The van der Waals surface area contributed by atoms with Crippen molar-refractivity contribution < 1.29 is 9.21 Å². The molecule has 4 rings (SSSR count). The summed E-state index contributed by atoms with van der Waals surface area (Å²) in [6.45, 7) is 1.97. The molecule has 146 valence electrons. The van der Waals surface area contributed by atoms with Gasteiger partial charge in [0, 0.05) is 12.6 Å². The van der Waals surface area contributed by atoms with E-state index in [0.29, 0.717) is 10.8 Å². The fourth-order valence-electron chi connectivity index (χ4n) is 3.08. The minimum atomic E-state index is -0.198. The van der Waals surface area contributed by atoms with Crippen LogP contribution in [0.5, 0.6) is 0 Å². The highest BCUT2D eigenvalue weighted by molar-refractivity contribution is 6.33. The van der Waals surface area contributed by atoms with E-state index in [2.05, 4.69) is 10.1 Å². The predicted octanol–water partition coefficient (Wildman–Crippen LogP) is 5.01. The summed E-state index contributed by atoms with van der Waals surface area (Å²) in [6, 6.07) is 18.5. The van der Waals surface area contributed by atoms with Gasteiger partial charge in [-0.25, -0.2) is 9.67 Å². The molecule has 6 nitrogen and oxygen atoms in total. The van der Waals surface area contributed by atoms with Crippen LogP contribution in [-0.2, 0) is 0 Å². The van der Waals surface area contributed by atoms with Crippen molar-refractivity contribution in [3.63, 3.8) is 0 Å².